The first-order valence-electron chi connectivity index (χ1n) is 5.62. The van der Waals surface area contributed by atoms with E-state index in [1.165, 1.54) is 0 Å². The molecule has 0 spiro atoms. The zero-order chi connectivity index (χ0) is 11.6. The summed E-state index contributed by atoms with van der Waals surface area (Å²) in [6, 6.07) is 8.17. The van der Waals surface area contributed by atoms with E-state index in [9.17, 15) is 0 Å². The molecule has 1 aliphatic rings. The quantitative estimate of drug-likeness (QED) is 0.814. The number of nitrogens with zero attached hydrogens (tertiary/aromatic N) is 1. The van der Waals surface area contributed by atoms with E-state index < -0.39 is 8.32 Å². The number of rotatable bonds is 3. The fraction of sp³-hybridized carbons (Fsp3) is 0.417. The first kappa shape index (κ1) is 11.2. The van der Waals surface area contributed by atoms with Gasteiger partial charge in [-0.25, -0.2) is 0 Å². The van der Waals surface area contributed by atoms with Gasteiger partial charge in [-0.1, -0.05) is 0 Å². The van der Waals surface area contributed by atoms with Crippen LogP contribution in [0, 0.1) is 0 Å². The fourth-order valence-corrected chi connectivity index (χ4v) is 2.47. The van der Waals surface area contributed by atoms with E-state index in [4.69, 9.17) is 4.43 Å². The van der Waals surface area contributed by atoms with Crippen LogP contribution in [0.2, 0.25) is 19.6 Å². The zero-order valence-corrected chi connectivity index (χ0v) is 11.1. The van der Waals surface area contributed by atoms with Crippen LogP contribution in [-0.2, 0) is 0 Å². The predicted octanol–water partition coefficient (Wildman–Crippen LogP) is 2.25. The Morgan fingerprint density at radius 1 is 1.19 bits per heavy atom. The SMILES string of the molecule is C[Si](C)(C)Oc1ccc(C2=NCCN2)cc1. The highest BCUT2D eigenvalue weighted by Crippen LogP contribution is 2.17. The van der Waals surface area contributed by atoms with E-state index in [-0.39, 0.29) is 0 Å². The van der Waals surface area contributed by atoms with Gasteiger partial charge in [-0.2, -0.15) is 0 Å². The van der Waals surface area contributed by atoms with E-state index in [1.54, 1.807) is 0 Å². The molecule has 1 aromatic rings. The van der Waals surface area contributed by atoms with Crippen molar-refractivity contribution in [2.75, 3.05) is 13.1 Å². The van der Waals surface area contributed by atoms with E-state index in [2.05, 4.69) is 42.1 Å². The molecular formula is C12H18N2OSi. The van der Waals surface area contributed by atoms with E-state index in [0.717, 1.165) is 30.2 Å². The summed E-state index contributed by atoms with van der Waals surface area (Å²) in [7, 11) is -1.49. The van der Waals surface area contributed by atoms with Crippen molar-refractivity contribution in [1.29, 1.82) is 0 Å². The number of aliphatic imine (C=N–C) groups is 1. The highest BCUT2D eigenvalue weighted by atomic mass is 28.4. The lowest BCUT2D eigenvalue weighted by atomic mass is 10.2. The lowest BCUT2D eigenvalue weighted by Crippen LogP contribution is -2.29. The molecule has 0 saturated carbocycles. The summed E-state index contributed by atoms with van der Waals surface area (Å²) < 4.78 is 5.90. The first-order valence-corrected chi connectivity index (χ1v) is 9.03. The van der Waals surface area contributed by atoms with Crippen molar-refractivity contribution >= 4 is 14.2 Å². The van der Waals surface area contributed by atoms with Gasteiger partial charge in [0.1, 0.15) is 11.6 Å². The summed E-state index contributed by atoms with van der Waals surface area (Å²) in [5, 5.41) is 3.26. The number of benzene rings is 1. The summed E-state index contributed by atoms with van der Waals surface area (Å²) in [6.07, 6.45) is 0. The van der Waals surface area contributed by atoms with Gasteiger partial charge in [0.15, 0.2) is 0 Å². The van der Waals surface area contributed by atoms with Crippen LogP contribution in [0.3, 0.4) is 0 Å². The normalized spacial score (nSPS) is 15.6. The molecular weight excluding hydrogens is 216 g/mol. The minimum Gasteiger partial charge on any atom is -0.544 e. The summed E-state index contributed by atoms with van der Waals surface area (Å²) in [5.41, 5.74) is 1.14. The molecule has 1 heterocycles. The minimum atomic E-state index is -1.49. The van der Waals surface area contributed by atoms with Crippen LogP contribution in [-0.4, -0.2) is 27.2 Å². The van der Waals surface area contributed by atoms with Gasteiger partial charge in [-0.15, -0.1) is 0 Å². The lowest BCUT2D eigenvalue weighted by molar-refractivity contribution is 0.557. The molecule has 0 fully saturated rings. The van der Waals surface area contributed by atoms with Gasteiger partial charge in [0.25, 0.3) is 0 Å². The molecule has 2 rings (SSSR count). The molecule has 0 atom stereocenters. The average Bonchev–Trinajstić information content (AvgIpc) is 2.69. The summed E-state index contributed by atoms with van der Waals surface area (Å²) in [4.78, 5) is 4.38. The van der Waals surface area contributed by atoms with Crippen LogP contribution in [0.4, 0.5) is 0 Å². The van der Waals surface area contributed by atoms with Crippen molar-refractivity contribution in [1.82, 2.24) is 5.32 Å². The highest BCUT2D eigenvalue weighted by molar-refractivity contribution is 6.70. The van der Waals surface area contributed by atoms with Crippen molar-refractivity contribution < 1.29 is 4.43 Å². The highest BCUT2D eigenvalue weighted by Gasteiger charge is 2.16. The van der Waals surface area contributed by atoms with Crippen molar-refractivity contribution in [2.24, 2.45) is 4.99 Å². The summed E-state index contributed by atoms with van der Waals surface area (Å²) in [5.74, 6) is 1.96. The van der Waals surface area contributed by atoms with Crippen LogP contribution in [0.1, 0.15) is 5.56 Å². The van der Waals surface area contributed by atoms with Crippen molar-refractivity contribution in [2.45, 2.75) is 19.6 Å². The van der Waals surface area contributed by atoms with Crippen LogP contribution in [0.5, 0.6) is 5.75 Å². The second-order valence-corrected chi connectivity index (χ2v) is 9.32. The molecule has 0 aromatic heterocycles. The standard InChI is InChI=1S/C12H18N2OSi/c1-16(2,3)15-11-6-4-10(5-7-11)12-13-8-9-14-12/h4-7H,8-9H2,1-3H3,(H,13,14). The van der Waals surface area contributed by atoms with Gasteiger partial charge in [0.2, 0.25) is 8.32 Å². The molecule has 86 valence electrons. The Kier molecular flexibility index (Phi) is 3.00. The smallest absolute Gasteiger partial charge is 0.242 e. The van der Waals surface area contributed by atoms with Gasteiger partial charge in [-0.3, -0.25) is 4.99 Å². The Balaban J connectivity index is 2.10. The fourth-order valence-electron chi connectivity index (χ4n) is 1.63. The number of hydrogen-bond donors (Lipinski definition) is 1. The van der Waals surface area contributed by atoms with Gasteiger partial charge in [0.05, 0.1) is 6.54 Å². The molecule has 1 N–H and O–H groups in total. The van der Waals surface area contributed by atoms with Crippen LogP contribution >= 0.6 is 0 Å². The third kappa shape index (κ3) is 2.85. The van der Waals surface area contributed by atoms with Crippen LogP contribution in [0.15, 0.2) is 29.3 Å². The Labute approximate surface area is 97.7 Å². The Hall–Kier alpha value is -1.29. The second kappa shape index (κ2) is 4.29. The van der Waals surface area contributed by atoms with Crippen molar-refractivity contribution in [3.05, 3.63) is 29.8 Å². The molecule has 1 aromatic carbocycles. The minimum absolute atomic E-state index is 0.877. The third-order valence-electron chi connectivity index (χ3n) is 2.23. The van der Waals surface area contributed by atoms with Crippen LogP contribution < -0.4 is 9.74 Å². The maximum absolute atomic E-state index is 5.90. The van der Waals surface area contributed by atoms with E-state index in [1.807, 2.05) is 12.1 Å². The van der Waals surface area contributed by atoms with Crippen molar-refractivity contribution in [3.63, 3.8) is 0 Å². The number of nitrogens with one attached hydrogen (secondary N) is 1. The Morgan fingerprint density at radius 2 is 1.88 bits per heavy atom. The maximum Gasteiger partial charge on any atom is 0.242 e. The Morgan fingerprint density at radius 3 is 2.38 bits per heavy atom. The topological polar surface area (TPSA) is 33.6 Å². The molecule has 3 nitrogen and oxygen atoms in total. The molecule has 1 aliphatic heterocycles. The zero-order valence-electron chi connectivity index (χ0n) is 10.1. The van der Waals surface area contributed by atoms with Crippen molar-refractivity contribution in [3.8, 4) is 5.75 Å². The molecule has 0 saturated heterocycles. The first-order chi connectivity index (χ1) is 7.54. The van der Waals surface area contributed by atoms with Gasteiger partial charge < -0.3 is 9.74 Å². The second-order valence-electron chi connectivity index (χ2n) is 4.90. The monoisotopic (exact) mass is 234 g/mol. The predicted molar refractivity (Wildman–Crippen MR) is 69.8 cm³/mol. The third-order valence-corrected chi connectivity index (χ3v) is 3.07. The molecule has 0 amide bonds. The molecule has 0 aliphatic carbocycles. The molecule has 0 radical (unpaired) electrons. The van der Waals surface area contributed by atoms with Gasteiger partial charge in [-0.05, 0) is 43.9 Å². The maximum atomic E-state index is 5.90. The van der Waals surface area contributed by atoms with E-state index in [0.29, 0.717) is 0 Å². The van der Waals surface area contributed by atoms with Crippen LogP contribution in [0.25, 0.3) is 0 Å². The van der Waals surface area contributed by atoms with E-state index >= 15 is 0 Å². The molecule has 4 heteroatoms. The Bertz CT molecular complexity index is 392. The van der Waals surface area contributed by atoms with Gasteiger partial charge in [0, 0.05) is 12.1 Å². The summed E-state index contributed by atoms with van der Waals surface area (Å²) in [6.45, 7) is 8.38. The number of hydrogen-bond acceptors (Lipinski definition) is 3. The molecule has 0 unspecified atom stereocenters. The lowest BCUT2D eigenvalue weighted by Gasteiger charge is -2.19. The molecule has 16 heavy (non-hydrogen) atoms. The molecule has 0 bridgehead atoms. The largest absolute Gasteiger partial charge is 0.544 e. The van der Waals surface area contributed by atoms with Gasteiger partial charge >= 0.3 is 0 Å². The number of amidine groups is 1. The average molecular weight is 234 g/mol. The summed E-state index contributed by atoms with van der Waals surface area (Å²) >= 11 is 0.